The lowest BCUT2D eigenvalue weighted by Gasteiger charge is -2.07. The summed E-state index contributed by atoms with van der Waals surface area (Å²) >= 11 is 0. The minimum Gasteiger partial charge on any atom is -0.284 e. The third kappa shape index (κ3) is 3.06. The molecule has 71 valence electrons. The summed E-state index contributed by atoms with van der Waals surface area (Å²) in [5.41, 5.74) is 1.59. The highest BCUT2D eigenvalue weighted by molar-refractivity contribution is 7.92. The van der Waals surface area contributed by atoms with Crippen molar-refractivity contribution < 1.29 is 8.42 Å². The van der Waals surface area contributed by atoms with E-state index in [1.54, 1.807) is 18.2 Å². The summed E-state index contributed by atoms with van der Waals surface area (Å²) in [6.07, 6.45) is 1.93. The highest BCUT2D eigenvalue weighted by Gasteiger charge is 2.04. The number of sulfonamides is 1. The van der Waals surface area contributed by atoms with E-state index < -0.39 is 10.0 Å². The van der Waals surface area contributed by atoms with Gasteiger partial charge in [-0.1, -0.05) is 13.0 Å². The molecule has 0 bridgehead atoms. The topological polar surface area (TPSA) is 46.2 Å². The minimum atomic E-state index is -3.17. The molecule has 1 rings (SSSR count). The van der Waals surface area contributed by atoms with Gasteiger partial charge in [-0.25, -0.2) is 8.42 Å². The molecule has 0 amide bonds. The van der Waals surface area contributed by atoms with Gasteiger partial charge < -0.3 is 0 Å². The molecule has 4 heteroatoms. The first-order valence-corrected chi connectivity index (χ1v) is 5.89. The largest absolute Gasteiger partial charge is 0.284 e. The fourth-order valence-corrected chi connectivity index (χ4v) is 1.66. The van der Waals surface area contributed by atoms with Gasteiger partial charge in [0.2, 0.25) is 10.0 Å². The molecular formula is C9H12NO2S. The molecule has 0 fully saturated rings. The quantitative estimate of drug-likeness (QED) is 0.798. The lowest BCUT2D eigenvalue weighted by Crippen LogP contribution is -2.10. The molecule has 0 heterocycles. The van der Waals surface area contributed by atoms with E-state index in [0.29, 0.717) is 5.69 Å². The van der Waals surface area contributed by atoms with Crippen LogP contribution in [0.5, 0.6) is 0 Å². The van der Waals surface area contributed by atoms with Gasteiger partial charge in [0.25, 0.3) is 0 Å². The van der Waals surface area contributed by atoms with Crippen LogP contribution in [-0.2, 0) is 16.4 Å². The molecule has 0 aliphatic carbocycles. The van der Waals surface area contributed by atoms with Gasteiger partial charge in [-0.3, -0.25) is 4.72 Å². The molecule has 0 aliphatic heterocycles. The first kappa shape index (κ1) is 10.1. The average molecular weight is 198 g/mol. The zero-order valence-electron chi connectivity index (χ0n) is 7.66. The number of anilines is 1. The van der Waals surface area contributed by atoms with Crippen LogP contribution in [0.4, 0.5) is 5.69 Å². The summed E-state index contributed by atoms with van der Waals surface area (Å²) in [6.45, 7) is 1.97. The second-order valence-corrected chi connectivity index (χ2v) is 4.56. The molecule has 0 unspecified atom stereocenters. The van der Waals surface area contributed by atoms with E-state index in [-0.39, 0.29) is 0 Å². The highest BCUT2D eigenvalue weighted by Crippen LogP contribution is 2.15. The summed E-state index contributed by atoms with van der Waals surface area (Å²) in [5.74, 6) is 0. The predicted molar refractivity (Wildman–Crippen MR) is 53.1 cm³/mol. The SMILES string of the molecule is CCc1c[c]ccc1NS(C)(=O)=O. The van der Waals surface area contributed by atoms with Crippen molar-refractivity contribution in [1.29, 1.82) is 0 Å². The second kappa shape index (κ2) is 3.79. The van der Waals surface area contributed by atoms with Crippen molar-refractivity contribution in [1.82, 2.24) is 0 Å². The summed E-state index contributed by atoms with van der Waals surface area (Å²) in [7, 11) is -3.17. The number of nitrogens with one attached hydrogen (secondary N) is 1. The van der Waals surface area contributed by atoms with E-state index >= 15 is 0 Å². The molecule has 0 spiro atoms. The summed E-state index contributed by atoms with van der Waals surface area (Å²) in [6, 6.07) is 8.08. The molecule has 0 saturated carbocycles. The van der Waals surface area contributed by atoms with Crippen LogP contribution in [0.25, 0.3) is 0 Å². The second-order valence-electron chi connectivity index (χ2n) is 2.81. The van der Waals surface area contributed by atoms with Crippen molar-refractivity contribution in [3.8, 4) is 0 Å². The Kier molecular flexibility index (Phi) is 2.93. The lowest BCUT2D eigenvalue weighted by atomic mass is 10.1. The first-order chi connectivity index (χ1) is 6.03. The van der Waals surface area contributed by atoms with Crippen LogP contribution in [0.15, 0.2) is 18.2 Å². The van der Waals surface area contributed by atoms with Gasteiger partial charge in [-0.05, 0) is 30.2 Å². The maximum atomic E-state index is 10.9. The smallest absolute Gasteiger partial charge is 0.229 e. The van der Waals surface area contributed by atoms with Gasteiger partial charge in [0, 0.05) is 0 Å². The molecule has 1 N–H and O–H groups in total. The number of rotatable bonds is 3. The van der Waals surface area contributed by atoms with E-state index in [4.69, 9.17) is 0 Å². The van der Waals surface area contributed by atoms with Gasteiger partial charge in [-0.2, -0.15) is 0 Å². The van der Waals surface area contributed by atoms with Crippen LogP contribution in [-0.4, -0.2) is 14.7 Å². The molecule has 1 aromatic rings. The van der Waals surface area contributed by atoms with Crippen LogP contribution < -0.4 is 4.72 Å². The van der Waals surface area contributed by atoms with E-state index in [2.05, 4.69) is 10.8 Å². The fraction of sp³-hybridized carbons (Fsp3) is 0.333. The molecule has 0 atom stereocenters. The number of hydrogen-bond acceptors (Lipinski definition) is 2. The number of benzene rings is 1. The average Bonchev–Trinajstić information content (AvgIpc) is 2.02. The van der Waals surface area contributed by atoms with Gasteiger partial charge in [-0.15, -0.1) is 0 Å². The van der Waals surface area contributed by atoms with Gasteiger partial charge in [0.1, 0.15) is 0 Å². The highest BCUT2D eigenvalue weighted by atomic mass is 32.2. The molecule has 0 aromatic heterocycles. The predicted octanol–water partition coefficient (Wildman–Crippen LogP) is 1.42. The van der Waals surface area contributed by atoms with E-state index in [0.717, 1.165) is 18.2 Å². The minimum absolute atomic E-state index is 0.642. The third-order valence-electron chi connectivity index (χ3n) is 1.63. The Hall–Kier alpha value is -1.03. The van der Waals surface area contributed by atoms with E-state index in [1.807, 2.05) is 6.92 Å². The molecule has 1 radical (unpaired) electrons. The number of hydrogen-bond donors (Lipinski definition) is 1. The monoisotopic (exact) mass is 198 g/mol. The van der Waals surface area contributed by atoms with Crippen LogP contribution >= 0.6 is 0 Å². The van der Waals surface area contributed by atoms with Crippen molar-refractivity contribution in [2.24, 2.45) is 0 Å². The molecular weight excluding hydrogens is 186 g/mol. The van der Waals surface area contributed by atoms with Gasteiger partial charge in [0.15, 0.2) is 0 Å². The van der Waals surface area contributed by atoms with Crippen molar-refractivity contribution in [2.75, 3.05) is 11.0 Å². The Morgan fingerprint density at radius 2 is 2.23 bits per heavy atom. The van der Waals surface area contributed by atoms with Gasteiger partial charge in [0.05, 0.1) is 11.9 Å². The fourth-order valence-electron chi connectivity index (χ4n) is 1.06. The maximum Gasteiger partial charge on any atom is 0.229 e. The van der Waals surface area contributed by atoms with Crippen LogP contribution in [0, 0.1) is 6.07 Å². The Bertz CT molecular complexity index is 384. The third-order valence-corrected chi connectivity index (χ3v) is 2.22. The maximum absolute atomic E-state index is 10.9. The lowest BCUT2D eigenvalue weighted by molar-refractivity contribution is 0.606. The van der Waals surface area contributed by atoms with Crippen LogP contribution in [0.3, 0.4) is 0 Å². The zero-order valence-corrected chi connectivity index (χ0v) is 8.48. The standard InChI is InChI=1S/C9H12NO2S/c1-3-8-6-4-5-7-9(8)10-13(2,11)12/h5-7,10H,3H2,1-2H3. The zero-order chi connectivity index (χ0) is 9.90. The van der Waals surface area contributed by atoms with Crippen LogP contribution in [0.2, 0.25) is 0 Å². The summed E-state index contributed by atoms with van der Waals surface area (Å²) in [4.78, 5) is 0. The molecule has 13 heavy (non-hydrogen) atoms. The van der Waals surface area contributed by atoms with Crippen molar-refractivity contribution in [3.05, 3.63) is 29.8 Å². The Morgan fingerprint density at radius 1 is 1.54 bits per heavy atom. The Morgan fingerprint density at radius 3 is 2.77 bits per heavy atom. The summed E-state index contributed by atoms with van der Waals surface area (Å²) in [5, 5.41) is 0. The van der Waals surface area contributed by atoms with Gasteiger partial charge >= 0.3 is 0 Å². The molecule has 3 nitrogen and oxygen atoms in total. The van der Waals surface area contributed by atoms with Crippen LogP contribution in [0.1, 0.15) is 12.5 Å². The normalized spacial score (nSPS) is 11.2. The van der Waals surface area contributed by atoms with Crippen molar-refractivity contribution in [3.63, 3.8) is 0 Å². The molecule has 1 aromatic carbocycles. The molecule has 0 aliphatic rings. The first-order valence-electron chi connectivity index (χ1n) is 3.99. The van der Waals surface area contributed by atoms with Crippen molar-refractivity contribution >= 4 is 15.7 Å². The van der Waals surface area contributed by atoms with E-state index in [9.17, 15) is 8.42 Å². The Labute approximate surface area is 78.8 Å². The molecule has 0 saturated heterocycles. The summed E-state index contributed by atoms with van der Waals surface area (Å²) < 4.78 is 24.3. The number of aryl methyl sites for hydroxylation is 1. The Balaban J connectivity index is 3.01. The van der Waals surface area contributed by atoms with E-state index in [1.165, 1.54) is 0 Å². The van der Waals surface area contributed by atoms with Crippen molar-refractivity contribution in [2.45, 2.75) is 13.3 Å².